The number of aryl methyl sites for hydroxylation is 1. The summed E-state index contributed by atoms with van der Waals surface area (Å²) < 4.78 is 5.35. The highest BCUT2D eigenvalue weighted by molar-refractivity contribution is 7.98. The van der Waals surface area contributed by atoms with Crippen molar-refractivity contribution in [1.29, 1.82) is 0 Å². The first-order chi connectivity index (χ1) is 11.1. The average molecular weight is 329 g/mol. The van der Waals surface area contributed by atoms with E-state index in [1.54, 1.807) is 18.9 Å². The number of ether oxygens (including phenoxy) is 1. The van der Waals surface area contributed by atoms with Crippen LogP contribution in [0.5, 0.6) is 5.75 Å². The standard InChI is InChI=1S/C19H23NO2S/c1-14(9-10-15-7-5-4-6-8-15)20-19(21)17-12-11-16(23-3)13-18(17)22-2/h4-8,11-14H,9-10H2,1-3H3,(H,20,21)/t14-/m1/s1. The number of methoxy groups -OCH3 is 1. The fraction of sp³-hybridized carbons (Fsp3) is 0.316. The zero-order valence-corrected chi connectivity index (χ0v) is 14.7. The third kappa shape index (κ3) is 5.03. The van der Waals surface area contributed by atoms with Crippen molar-refractivity contribution < 1.29 is 9.53 Å². The number of carbonyl (C=O) groups excluding carboxylic acids is 1. The molecule has 1 N–H and O–H groups in total. The Hall–Kier alpha value is -1.94. The first-order valence-corrected chi connectivity index (χ1v) is 8.93. The minimum atomic E-state index is -0.0879. The van der Waals surface area contributed by atoms with Crippen LogP contribution in [-0.2, 0) is 6.42 Å². The lowest BCUT2D eigenvalue weighted by atomic mass is 10.1. The van der Waals surface area contributed by atoms with E-state index in [2.05, 4.69) is 17.4 Å². The van der Waals surface area contributed by atoms with Crippen LogP contribution >= 0.6 is 11.8 Å². The number of rotatable bonds is 7. The number of amides is 1. The lowest BCUT2D eigenvalue weighted by molar-refractivity contribution is 0.0935. The van der Waals surface area contributed by atoms with Gasteiger partial charge in [0.05, 0.1) is 12.7 Å². The fourth-order valence-electron chi connectivity index (χ4n) is 2.39. The molecule has 23 heavy (non-hydrogen) atoms. The van der Waals surface area contributed by atoms with Crippen molar-refractivity contribution >= 4 is 17.7 Å². The molecule has 0 unspecified atom stereocenters. The number of hydrogen-bond acceptors (Lipinski definition) is 3. The van der Waals surface area contributed by atoms with Gasteiger partial charge in [-0.2, -0.15) is 0 Å². The second-order valence-corrected chi connectivity index (χ2v) is 6.34. The summed E-state index contributed by atoms with van der Waals surface area (Å²) in [5.74, 6) is 0.527. The molecule has 0 heterocycles. The van der Waals surface area contributed by atoms with Gasteiger partial charge in [0.15, 0.2) is 0 Å². The molecule has 2 aromatic rings. The van der Waals surface area contributed by atoms with Crippen LogP contribution < -0.4 is 10.1 Å². The van der Waals surface area contributed by atoms with Crippen molar-refractivity contribution in [2.75, 3.05) is 13.4 Å². The second kappa shape index (κ2) is 8.63. The third-order valence-electron chi connectivity index (χ3n) is 3.74. The van der Waals surface area contributed by atoms with Crippen LogP contribution in [0.1, 0.15) is 29.3 Å². The molecular weight excluding hydrogens is 306 g/mol. The van der Waals surface area contributed by atoms with E-state index in [-0.39, 0.29) is 11.9 Å². The van der Waals surface area contributed by atoms with Crippen LogP contribution in [0.2, 0.25) is 0 Å². The second-order valence-electron chi connectivity index (χ2n) is 5.46. The minimum absolute atomic E-state index is 0.0879. The van der Waals surface area contributed by atoms with Gasteiger partial charge in [0.2, 0.25) is 0 Å². The molecule has 0 aliphatic rings. The molecule has 0 saturated carbocycles. The summed E-state index contributed by atoms with van der Waals surface area (Å²) in [7, 11) is 1.59. The van der Waals surface area contributed by atoms with Crippen molar-refractivity contribution in [2.45, 2.75) is 30.7 Å². The molecule has 2 aromatic carbocycles. The van der Waals surface area contributed by atoms with Gasteiger partial charge in [-0.1, -0.05) is 30.3 Å². The van der Waals surface area contributed by atoms with Crippen LogP contribution in [0.25, 0.3) is 0 Å². The van der Waals surface area contributed by atoms with Gasteiger partial charge < -0.3 is 10.1 Å². The van der Waals surface area contributed by atoms with E-state index in [9.17, 15) is 4.79 Å². The predicted octanol–water partition coefficient (Wildman–Crippen LogP) is 4.17. The Morgan fingerprint density at radius 3 is 2.61 bits per heavy atom. The molecule has 1 atom stereocenters. The van der Waals surface area contributed by atoms with Crippen molar-refractivity contribution in [2.24, 2.45) is 0 Å². The Morgan fingerprint density at radius 2 is 1.96 bits per heavy atom. The van der Waals surface area contributed by atoms with Gasteiger partial charge in [0.25, 0.3) is 5.91 Å². The van der Waals surface area contributed by atoms with Crippen LogP contribution in [0, 0.1) is 0 Å². The normalized spacial score (nSPS) is 11.8. The van der Waals surface area contributed by atoms with Gasteiger partial charge in [0.1, 0.15) is 5.75 Å². The number of nitrogens with one attached hydrogen (secondary N) is 1. The van der Waals surface area contributed by atoms with Crippen LogP contribution in [-0.4, -0.2) is 25.3 Å². The number of benzene rings is 2. The van der Waals surface area contributed by atoms with Crippen molar-refractivity contribution in [1.82, 2.24) is 5.32 Å². The first kappa shape index (κ1) is 17.4. The number of hydrogen-bond donors (Lipinski definition) is 1. The SMILES string of the molecule is COc1cc(SC)ccc1C(=O)N[C@H](C)CCc1ccccc1. The largest absolute Gasteiger partial charge is 0.496 e. The van der Waals surface area contributed by atoms with E-state index < -0.39 is 0 Å². The Bertz CT molecular complexity index is 643. The smallest absolute Gasteiger partial charge is 0.255 e. The summed E-state index contributed by atoms with van der Waals surface area (Å²) in [6.45, 7) is 2.03. The molecule has 3 nitrogen and oxygen atoms in total. The molecule has 122 valence electrons. The first-order valence-electron chi connectivity index (χ1n) is 7.71. The van der Waals surface area contributed by atoms with Gasteiger partial charge in [-0.25, -0.2) is 0 Å². The molecule has 0 fully saturated rings. The zero-order chi connectivity index (χ0) is 16.7. The molecular formula is C19H23NO2S. The van der Waals surface area contributed by atoms with E-state index in [1.807, 2.05) is 49.6 Å². The fourth-order valence-corrected chi connectivity index (χ4v) is 2.82. The van der Waals surface area contributed by atoms with E-state index >= 15 is 0 Å². The van der Waals surface area contributed by atoms with E-state index in [0.717, 1.165) is 17.7 Å². The molecule has 0 bridgehead atoms. The summed E-state index contributed by atoms with van der Waals surface area (Å²) in [5, 5.41) is 3.05. The van der Waals surface area contributed by atoms with Gasteiger partial charge in [0, 0.05) is 10.9 Å². The molecule has 2 rings (SSSR count). The van der Waals surface area contributed by atoms with Crippen molar-refractivity contribution in [3.63, 3.8) is 0 Å². The molecule has 0 spiro atoms. The summed E-state index contributed by atoms with van der Waals surface area (Å²) in [6, 6.07) is 16.1. The van der Waals surface area contributed by atoms with Gasteiger partial charge in [-0.15, -0.1) is 11.8 Å². The Balaban J connectivity index is 1.95. The van der Waals surface area contributed by atoms with Crippen LogP contribution in [0.4, 0.5) is 0 Å². The molecule has 0 aliphatic heterocycles. The maximum Gasteiger partial charge on any atom is 0.255 e. The van der Waals surface area contributed by atoms with Gasteiger partial charge in [-0.3, -0.25) is 4.79 Å². The Labute approximate surface area is 142 Å². The van der Waals surface area contributed by atoms with Gasteiger partial charge in [-0.05, 0) is 49.8 Å². The Morgan fingerprint density at radius 1 is 1.22 bits per heavy atom. The molecule has 1 amide bonds. The van der Waals surface area contributed by atoms with Crippen LogP contribution in [0.15, 0.2) is 53.4 Å². The lowest BCUT2D eigenvalue weighted by Gasteiger charge is -2.16. The topological polar surface area (TPSA) is 38.3 Å². The Kier molecular flexibility index (Phi) is 6.53. The van der Waals surface area contributed by atoms with E-state index in [0.29, 0.717) is 11.3 Å². The van der Waals surface area contributed by atoms with Crippen molar-refractivity contribution in [3.8, 4) is 5.75 Å². The third-order valence-corrected chi connectivity index (χ3v) is 4.47. The highest BCUT2D eigenvalue weighted by Gasteiger charge is 2.15. The zero-order valence-electron chi connectivity index (χ0n) is 13.8. The highest BCUT2D eigenvalue weighted by atomic mass is 32.2. The monoisotopic (exact) mass is 329 g/mol. The summed E-state index contributed by atoms with van der Waals surface area (Å²) >= 11 is 1.63. The number of thioether (sulfide) groups is 1. The predicted molar refractivity (Wildman–Crippen MR) is 96.5 cm³/mol. The molecule has 0 radical (unpaired) electrons. The molecule has 4 heteroatoms. The molecule has 0 saturated heterocycles. The highest BCUT2D eigenvalue weighted by Crippen LogP contribution is 2.25. The summed E-state index contributed by atoms with van der Waals surface area (Å²) in [5.41, 5.74) is 1.87. The van der Waals surface area contributed by atoms with E-state index in [4.69, 9.17) is 4.74 Å². The molecule has 0 aromatic heterocycles. The van der Waals surface area contributed by atoms with E-state index in [1.165, 1.54) is 5.56 Å². The maximum atomic E-state index is 12.4. The van der Waals surface area contributed by atoms with Crippen LogP contribution in [0.3, 0.4) is 0 Å². The lowest BCUT2D eigenvalue weighted by Crippen LogP contribution is -2.33. The van der Waals surface area contributed by atoms with Gasteiger partial charge >= 0.3 is 0 Å². The summed E-state index contributed by atoms with van der Waals surface area (Å²) in [6.07, 6.45) is 3.85. The quantitative estimate of drug-likeness (QED) is 0.775. The van der Waals surface area contributed by atoms with Crippen molar-refractivity contribution in [3.05, 3.63) is 59.7 Å². The minimum Gasteiger partial charge on any atom is -0.496 e. The molecule has 0 aliphatic carbocycles. The maximum absolute atomic E-state index is 12.4. The number of carbonyl (C=O) groups is 1. The summed E-state index contributed by atoms with van der Waals surface area (Å²) in [4.78, 5) is 13.5. The average Bonchev–Trinajstić information content (AvgIpc) is 2.60.